The third-order valence-electron chi connectivity index (χ3n) is 6.34. The number of carbonyl (C=O) groups excluding carboxylic acids is 1. The van der Waals surface area contributed by atoms with Crippen LogP contribution in [0.4, 0.5) is 11.6 Å². The molecule has 0 aliphatic carbocycles. The molecule has 0 spiro atoms. The van der Waals surface area contributed by atoms with Crippen molar-refractivity contribution in [2.75, 3.05) is 42.5 Å². The predicted molar refractivity (Wildman–Crippen MR) is 120 cm³/mol. The van der Waals surface area contributed by atoms with Crippen LogP contribution >= 0.6 is 0 Å². The van der Waals surface area contributed by atoms with E-state index in [9.17, 15) is 4.79 Å². The number of fused-ring (bicyclic) bond motifs is 1. The Bertz CT molecular complexity index is 1060. The molecule has 2 aliphatic rings. The van der Waals surface area contributed by atoms with Crippen LogP contribution in [0.2, 0.25) is 0 Å². The Morgan fingerprint density at radius 3 is 2.35 bits per heavy atom. The molecule has 2 aromatic heterocycles. The number of carbonyl (C=O) groups is 1. The van der Waals surface area contributed by atoms with E-state index < -0.39 is 0 Å². The fraction of sp³-hybridized carbons (Fsp3) is 0.435. The van der Waals surface area contributed by atoms with E-state index in [4.69, 9.17) is 0 Å². The third kappa shape index (κ3) is 4.02. The molecule has 0 N–H and O–H groups in total. The maximum absolute atomic E-state index is 13.0. The molecule has 1 atom stereocenters. The molecule has 0 bridgehead atoms. The summed E-state index contributed by atoms with van der Waals surface area (Å²) in [7, 11) is 0. The van der Waals surface area contributed by atoms with Gasteiger partial charge in [-0.15, -0.1) is 10.2 Å². The van der Waals surface area contributed by atoms with E-state index >= 15 is 0 Å². The largest absolute Gasteiger partial charge is 0.352 e. The highest BCUT2D eigenvalue weighted by atomic mass is 16.2. The van der Waals surface area contributed by atoms with Crippen LogP contribution in [0.1, 0.15) is 36.5 Å². The van der Waals surface area contributed by atoms with Gasteiger partial charge in [0.2, 0.25) is 0 Å². The van der Waals surface area contributed by atoms with Gasteiger partial charge in [-0.3, -0.25) is 14.8 Å². The quantitative estimate of drug-likeness (QED) is 0.648. The molecule has 8 heteroatoms. The summed E-state index contributed by atoms with van der Waals surface area (Å²) in [6.07, 6.45) is 7.02. The Morgan fingerprint density at radius 1 is 0.871 bits per heavy atom. The second-order valence-corrected chi connectivity index (χ2v) is 8.33. The summed E-state index contributed by atoms with van der Waals surface area (Å²) in [5, 5.41) is 8.99. The maximum atomic E-state index is 13.0. The number of aromatic nitrogens is 4. The van der Waals surface area contributed by atoms with Gasteiger partial charge in [0.05, 0.1) is 11.0 Å². The molecule has 1 unspecified atom stereocenters. The lowest BCUT2D eigenvalue weighted by atomic mass is 10.0. The Hall–Kier alpha value is -3.29. The highest BCUT2D eigenvalue weighted by Crippen LogP contribution is 2.24. The number of nitrogens with zero attached hydrogens (tertiary/aromatic N) is 7. The predicted octanol–water partition coefficient (Wildman–Crippen LogP) is 2.76. The van der Waals surface area contributed by atoms with Gasteiger partial charge < -0.3 is 14.7 Å². The number of anilines is 2. The number of benzene rings is 1. The number of amides is 1. The smallest absolute Gasteiger partial charge is 0.254 e. The number of hydrogen-bond acceptors (Lipinski definition) is 7. The fourth-order valence-corrected chi connectivity index (χ4v) is 4.50. The third-order valence-corrected chi connectivity index (χ3v) is 6.34. The average Bonchev–Trinajstić information content (AvgIpc) is 2.84. The molecule has 2 aliphatic heterocycles. The normalized spacial score (nSPS) is 19.6. The number of piperidine rings is 1. The fourth-order valence-electron chi connectivity index (χ4n) is 4.50. The molecule has 1 amide bonds. The van der Waals surface area contributed by atoms with E-state index in [1.807, 2.05) is 23.1 Å². The molecule has 0 saturated carbocycles. The van der Waals surface area contributed by atoms with Crippen molar-refractivity contribution in [1.29, 1.82) is 0 Å². The van der Waals surface area contributed by atoms with E-state index in [-0.39, 0.29) is 5.91 Å². The zero-order chi connectivity index (χ0) is 21.2. The first-order chi connectivity index (χ1) is 15.2. The highest BCUT2D eigenvalue weighted by Gasteiger charge is 2.24. The number of rotatable bonds is 3. The lowest BCUT2D eigenvalue weighted by Crippen LogP contribution is -2.49. The topological polar surface area (TPSA) is 78.4 Å². The Morgan fingerprint density at radius 2 is 1.61 bits per heavy atom. The van der Waals surface area contributed by atoms with Crippen LogP contribution in [-0.2, 0) is 0 Å². The van der Waals surface area contributed by atoms with Crippen LogP contribution in [0.3, 0.4) is 0 Å². The van der Waals surface area contributed by atoms with Crippen molar-refractivity contribution in [3.63, 3.8) is 0 Å². The van der Waals surface area contributed by atoms with E-state index in [1.54, 1.807) is 12.4 Å². The minimum absolute atomic E-state index is 0.0349. The molecule has 2 saturated heterocycles. The van der Waals surface area contributed by atoms with Gasteiger partial charge in [0.25, 0.3) is 5.91 Å². The van der Waals surface area contributed by atoms with E-state index in [1.165, 1.54) is 19.3 Å². The lowest BCUT2D eigenvalue weighted by molar-refractivity contribution is 0.0746. The molecule has 2 fully saturated rings. The zero-order valence-electron chi connectivity index (χ0n) is 17.8. The van der Waals surface area contributed by atoms with Gasteiger partial charge >= 0.3 is 0 Å². The van der Waals surface area contributed by atoms with Gasteiger partial charge in [-0.05, 0) is 56.5 Å². The van der Waals surface area contributed by atoms with Gasteiger partial charge in [-0.25, -0.2) is 0 Å². The summed E-state index contributed by atoms with van der Waals surface area (Å²) >= 11 is 0. The van der Waals surface area contributed by atoms with Crippen LogP contribution in [-0.4, -0.2) is 69.7 Å². The summed E-state index contributed by atoms with van der Waals surface area (Å²) in [4.78, 5) is 28.0. The molecule has 31 heavy (non-hydrogen) atoms. The minimum atomic E-state index is 0.0349. The lowest BCUT2D eigenvalue weighted by Gasteiger charge is -2.36. The molecule has 8 nitrogen and oxygen atoms in total. The van der Waals surface area contributed by atoms with E-state index in [0.717, 1.165) is 42.3 Å². The summed E-state index contributed by atoms with van der Waals surface area (Å²) in [6, 6.07) is 10.2. The van der Waals surface area contributed by atoms with Crippen molar-refractivity contribution in [2.24, 2.45) is 0 Å². The molecule has 4 heterocycles. The van der Waals surface area contributed by atoms with Crippen LogP contribution in [0.25, 0.3) is 11.0 Å². The summed E-state index contributed by atoms with van der Waals surface area (Å²) in [5.74, 6) is 1.87. The SMILES string of the molecule is CC1CCCCN1c1ccc(N2CCN(C(=O)c3ccc4nccnc4c3)CC2)nn1. The van der Waals surface area contributed by atoms with E-state index in [2.05, 4.69) is 49.0 Å². The molecular formula is C23H27N7O. The molecule has 5 rings (SSSR count). The molecule has 0 radical (unpaired) electrons. The van der Waals surface area contributed by atoms with Gasteiger partial charge in [0, 0.05) is 56.7 Å². The van der Waals surface area contributed by atoms with Crippen molar-refractivity contribution >= 4 is 28.6 Å². The first-order valence-electron chi connectivity index (χ1n) is 11.0. The van der Waals surface area contributed by atoms with Crippen LogP contribution in [0.15, 0.2) is 42.7 Å². The Balaban J connectivity index is 1.22. The highest BCUT2D eigenvalue weighted by molar-refractivity contribution is 5.97. The zero-order valence-corrected chi connectivity index (χ0v) is 17.8. The van der Waals surface area contributed by atoms with Crippen molar-refractivity contribution < 1.29 is 4.79 Å². The second kappa shape index (κ2) is 8.45. The molecule has 1 aromatic carbocycles. The van der Waals surface area contributed by atoms with Gasteiger partial charge in [0.15, 0.2) is 11.6 Å². The van der Waals surface area contributed by atoms with Crippen LogP contribution in [0, 0.1) is 0 Å². The molecule has 3 aromatic rings. The van der Waals surface area contributed by atoms with Gasteiger partial charge in [0.1, 0.15) is 0 Å². The summed E-state index contributed by atoms with van der Waals surface area (Å²) < 4.78 is 0. The maximum Gasteiger partial charge on any atom is 0.254 e. The summed E-state index contributed by atoms with van der Waals surface area (Å²) in [5.41, 5.74) is 2.19. The van der Waals surface area contributed by atoms with E-state index in [0.29, 0.717) is 24.7 Å². The van der Waals surface area contributed by atoms with Crippen LogP contribution < -0.4 is 9.80 Å². The minimum Gasteiger partial charge on any atom is -0.352 e. The van der Waals surface area contributed by atoms with Gasteiger partial charge in [-0.2, -0.15) is 0 Å². The molecule has 160 valence electrons. The van der Waals surface area contributed by atoms with Crippen LogP contribution in [0.5, 0.6) is 0 Å². The van der Waals surface area contributed by atoms with Crippen molar-refractivity contribution in [2.45, 2.75) is 32.2 Å². The number of hydrogen-bond donors (Lipinski definition) is 0. The average molecular weight is 418 g/mol. The molecular weight excluding hydrogens is 390 g/mol. The Labute approximate surface area is 181 Å². The van der Waals surface area contributed by atoms with Crippen molar-refractivity contribution in [3.05, 3.63) is 48.3 Å². The first-order valence-corrected chi connectivity index (χ1v) is 11.0. The Kier molecular flexibility index (Phi) is 5.36. The first kappa shape index (κ1) is 19.7. The second-order valence-electron chi connectivity index (χ2n) is 8.33. The monoisotopic (exact) mass is 417 g/mol. The van der Waals surface area contributed by atoms with Crippen molar-refractivity contribution in [1.82, 2.24) is 25.1 Å². The number of piperazine rings is 1. The van der Waals surface area contributed by atoms with Crippen molar-refractivity contribution in [3.8, 4) is 0 Å². The summed E-state index contributed by atoms with van der Waals surface area (Å²) in [6.45, 7) is 6.11. The van der Waals surface area contributed by atoms with Gasteiger partial charge in [-0.1, -0.05) is 0 Å². The standard InChI is InChI=1S/C23H27N7O/c1-17-4-2-3-11-30(17)22-8-7-21(26-27-22)28-12-14-29(15-13-28)23(31)18-5-6-19-20(16-18)25-10-9-24-19/h5-10,16-17H,2-4,11-15H2,1H3.